The molecule has 2 N–H and O–H groups in total. The van der Waals surface area contributed by atoms with Gasteiger partial charge in [-0.1, -0.05) is 25.1 Å². The lowest BCUT2D eigenvalue weighted by atomic mass is 10.1. The van der Waals surface area contributed by atoms with Gasteiger partial charge in [-0.3, -0.25) is 9.48 Å². The Hall–Kier alpha value is -3.24. The molecule has 1 aliphatic rings. The summed E-state index contributed by atoms with van der Waals surface area (Å²) in [7, 11) is 3.53. The first-order valence-corrected chi connectivity index (χ1v) is 10.6. The normalized spacial score (nSPS) is 15.3. The number of likely N-dealkylation sites (N-methyl/N-ethyl adjacent to an activating group) is 2. The minimum absolute atomic E-state index is 0. The van der Waals surface area contributed by atoms with Gasteiger partial charge in [-0.15, -0.1) is 0 Å². The van der Waals surface area contributed by atoms with Gasteiger partial charge < -0.3 is 20.2 Å². The molecule has 3 aromatic rings. The highest BCUT2D eigenvalue weighted by atomic mass is 35.5. The van der Waals surface area contributed by atoms with Crippen LogP contribution in [0.25, 0.3) is 0 Å². The van der Waals surface area contributed by atoms with Crippen molar-refractivity contribution >= 4 is 35.0 Å². The number of pyridine rings is 1. The van der Waals surface area contributed by atoms with Gasteiger partial charge >= 0.3 is 0 Å². The van der Waals surface area contributed by atoms with Crippen LogP contribution in [0.2, 0.25) is 5.15 Å². The predicted octanol–water partition coefficient (Wildman–Crippen LogP) is 2.49. The molecule has 0 aromatic carbocycles. The van der Waals surface area contributed by atoms with E-state index in [2.05, 4.69) is 25.4 Å². The number of aromatic nitrogens is 5. The summed E-state index contributed by atoms with van der Waals surface area (Å²) in [6.07, 6.45) is 5.81. The number of fused-ring (bicyclic) bond motifs is 1. The summed E-state index contributed by atoms with van der Waals surface area (Å²) in [6.45, 7) is 2.87. The van der Waals surface area contributed by atoms with Crippen LogP contribution in [0.3, 0.4) is 0 Å². The van der Waals surface area contributed by atoms with Crippen molar-refractivity contribution in [2.75, 3.05) is 35.8 Å². The Morgan fingerprint density at radius 3 is 2.67 bits per heavy atom. The number of hydrogen-bond donors (Lipinski definition) is 2. The molecule has 0 fully saturated rings. The number of nitrogens with one attached hydrogen (secondary N) is 1. The van der Waals surface area contributed by atoms with Crippen LogP contribution in [0.5, 0.6) is 0 Å². The van der Waals surface area contributed by atoms with Gasteiger partial charge in [0, 0.05) is 45.2 Å². The van der Waals surface area contributed by atoms with Gasteiger partial charge in [-0.25, -0.2) is 9.97 Å². The van der Waals surface area contributed by atoms with Crippen LogP contribution >= 0.6 is 11.6 Å². The van der Waals surface area contributed by atoms with Gasteiger partial charge in [-0.2, -0.15) is 10.1 Å². The van der Waals surface area contributed by atoms with Gasteiger partial charge in [0.2, 0.25) is 11.9 Å². The van der Waals surface area contributed by atoms with E-state index in [1.807, 2.05) is 35.8 Å². The highest BCUT2D eigenvalue weighted by Gasteiger charge is 2.36. The number of hydrogen-bond acceptors (Lipinski definition) is 8. The zero-order valence-corrected chi connectivity index (χ0v) is 18.9. The van der Waals surface area contributed by atoms with Crippen LogP contribution in [0.15, 0.2) is 30.7 Å². The van der Waals surface area contributed by atoms with E-state index in [1.165, 1.54) is 0 Å². The fourth-order valence-corrected chi connectivity index (χ4v) is 3.92. The van der Waals surface area contributed by atoms with Gasteiger partial charge in [-0.05, 0) is 25.0 Å². The second-order valence-corrected chi connectivity index (χ2v) is 8.12. The first-order chi connectivity index (χ1) is 15.4. The highest BCUT2D eigenvalue weighted by Crippen LogP contribution is 2.36. The van der Waals surface area contributed by atoms with Crippen molar-refractivity contribution in [3.8, 4) is 0 Å². The first kappa shape index (κ1) is 24.4. The Balaban J connectivity index is 0.00000306. The fourth-order valence-electron chi connectivity index (χ4n) is 3.81. The van der Waals surface area contributed by atoms with Crippen LogP contribution in [0, 0.1) is 6.92 Å². The number of anilines is 3. The molecule has 0 saturated carbocycles. The molecule has 0 radical (unpaired) electrons. The lowest BCUT2D eigenvalue weighted by Crippen LogP contribution is -2.51. The van der Waals surface area contributed by atoms with E-state index in [4.69, 9.17) is 11.6 Å². The Kier molecular flexibility index (Phi) is 7.50. The number of nitrogens with zero attached hydrogens (tertiary/aromatic N) is 7. The second kappa shape index (κ2) is 10.1. The molecule has 4 rings (SSSR count). The molecule has 3 aromatic heterocycles. The average molecular weight is 473 g/mol. The van der Waals surface area contributed by atoms with E-state index in [0.29, 0.717) is 47.8 Å². The Labute approximate surface area is 198 Å². The van der Waals surface area contributed by atoms with Crippen LogP contribution in [0.1, 0.15) is 30.7 Å². The van der Waals surface area contributed by atoms with Crippen molar-refractivity contribution in [1.82, 2.24) is 24.7 Å². The van der Waals surface area contributed by atoms with Crippen LogP contribution < -0.4 is 15.1 Å². The Morgan fingerprint density at radius 2 is 1.97 bits per heavy atom. The maximum absolute atomic E-state index is 12.7. The van der Waals surface area contributed by atoms with Crippen molar-refractivity contribution < 1.29 is 9.90 Å². The van der Waals surface area contributed by atoms with E-state index in [1.54, 1.807) is 30.4 Å². The molecule has 1 aliphatic heterocycles. The molecule has 1 amide bonds. The van der Waals surface area contributed by atoms with Gasteiger partial charge in [0.05, 0.1) is 18.4 Å². The summed E-state index contributed by atoms with van der Waals surface area (Å²) in [6, 6.07) is 3.22. The lowest BCUT2D eigenvalue weighted by Gasteiger charge is -2.39. The molecule has 1 atom stereocenters. The molecule has 176 valence electrons. The van der Waals surface area contributed by atoms with E-state index in [9.17, 15) is 9.90 Å². The minimum Gasteiger partial charge on any atom is -0.396 e. The zero-order valence-electron chi connectivity index (χ0n) is 18.2. The molecule has 4 heterocycles. The maximum Gasteiger partial charge on any atom is 0.249 e. The number of rotatable bonds is 7. The van der Waals surface area contributed by atoms with Crippen molar-refractivity contribution in [2.24, 2.45) is 0 Å². The summed E-state index contributed by atoms with van der Waals surface area (Å²) in [5, 5.41) is 17.5. The maximum atomic E-state index is 12.7. The number of amides is 1. The van der Waals surface area contributed by atoms with E-state index in [-0.39, 0.29) is 19.9 Å². The summed E-state index contributed by atoms with van der Waals surface area (Å²) in [5.74, 6) is 1.05. The van der Waals surface area contributed by atoms with Crippen LogP contribution in [-0.2, 0) is 17.9 Å². The number of carbonyl (C=O) groups excluding carboxylic acids is 1. The quantitative estimate of drug-likeness (QED) is 0.504. The molecular weight excluding hydrogens is 444 g/mol. The average Bonchev–Trinajstić information content (AvgIpc) is 3.22. The van der Waals surface area contributed by atoms with Crippen molar-refractivity contribution in [2.45, 2.75) is 39.9 Å². The van der Waals surface area contributed by atoms with Gasteiger partial charge in [0.25, 0.3) is 0 Å². The predicted molar refractivity (Wildman–Crippen MR) is 129 cm³/mol. The summed E-state index contributed by atoms with van der Waals surface area (Å²) < 4.78 is 1.83. The SMILES string of the molecule is C.Cc1nc(NCc2cnn(Cc3ccc(Cl)nc3)c2)nc2c1N(C)C(=O)[C@@H](CCO)N2C. The molecule has 10 nitrogen and oxygen atoms in total. The molecule has 0 saturated heterocycles. The van der Waals surface area contributed by atoms with Gasteiger partial charge in [0.1, 0.15) is 16.9 Å². The molecule has 0 unspecified atom stereocenters. The van der Waals surface area contributed by atoms with E-state index >= 15 is 0 Å². The van der Waals surface area contributed by atoms with Crippen LogP contribution in [0.4, 0.5) is 17.5 Å². The number of aryl methyl sites for hydroxylation is 1. The molecular formula is C22H29ClN8O2. The van der Waals surface area contributed by atoms with E-state index in [0.717, 1.165) is 11.1 Å². The molecule has 0 aliphatic carbocycles. The highest BCUT2D eigenvalue weighted by molar-refractivity contribution is 6.29. The summed E-state index contributed by atoms with van der Waals surface area (Å²) in [4.78, 5) is 29.3. The summed E-state index contributed by atoms with van der Waals surface area (Å²) in [5.41, 5.74) is 3.37. The topological polar surface area (TPSA) is 112 Å². The molecule has 0 spiro atoms. The number of halogens is 1. The van der Waals surface area contributed by atoms with Crippen molar-refractivity contribution in [3.63, 3.8) is 0 Å². The number of carbonyl (C=O) groups is 1. The largest absolute Gasteiger partial charge is 0.396 e. The monoisotopic (exact) mass is 472 g/mol. The smallest absolute Gasteiger partial charge is 0.249 e. The minimum atomic E-state index is -0.458. The Bertz CT molecular complexity index is 1120. The number of aliphatic hydroxyl groups is 1. The van der Waals surface area contributed by atoms with E-state index < -0.39 is 6.04 Å². The molecule has 11 heteroatoms. The van der Waals surface area contributed by atoms with Crippen molar-refractivity contribution in [1.29, 1.82) is 0 Å². The zero-order chi connectivity index (χ0) is 22.8. The second-order valence-electron chi connectivity index (χ2n) is 7.73. The third-order valence-corrected chi connectivity index (χ3v) is 5.69. The molecule has 33 heavy (non-hydrogen) atoms. The Morgan fingerprint density at radius 1 is 1.18 bits per heavy atom. The number of aliphatic hydroxyl groups excluding tert-OH is 1. The fraction of sp³-hybridized carbons (Fsp3) is 0.409. The standard InChI is InChI=1S/C21H25ClN8O2.CH4/c1-13-18-19(28(2)16(6-7-31)20(32)29(18)3)27-21(26-13)24-9-15-10-25-30(12-15)11-14-4-5-17(22)23-8-14;/h4-5,8,10,12,16,31H,6-7,9,11H2,1-3H3,(H,24,26,27);1H4/t16-;/m1./s1. The van der Waals surface area contributed by atoms with Gasteiger partial charge in [0.15, 0.2) is 5.82 Å². The lowest BCUT2D eigenvalue weighted by molar-refractivity contribution is -0.120. The molecule has 0 bridgehead atoms. The van der Waals surface area contributed by atoms with Crippen LogP contribution in [-0.4, -0.2) is 62.5 Å². The first-order valence-electron chi connectivity index (χ1n) is 10.2. The third-order valence-electron chi connectivity index (χ3n) is 5.47. The van der Waals surface area contributed by atoms with Crippen molar-refractivity contribution in [3.05, 3.63) is 52.7 Å². The summed E-state index contributed by atoms with van der Waals surface area (Å²) >= 11 is 5.83. The third kappa shape index (κ3) is 5.07.